The van der Waals surface area contributed by atoms with Crippen molar-refractivity contribution in [2.24, 2.45) is 0 Å². The molecule has 0 nitrogen and oxygen atoms in total. The summed E-state index contributed by atoms with van der Waals surface area (Å²) in [5.74, 6) is 0. The summed E-state index contributed by atoms with van der Waals surface area (Å²) in [5.41, 5.74) is 0. The molecule has 0 fully saturated rings. The minimum absolute atomic E-state index is 0. The van der Waals surface area contributed by atoms with Crippen molar-refractivity contribution in [3.63, 3.8) is 0 Å². The second-order valence-electron chi connectivity index (χ2n) is 0. The maximum atomic E-state index is 0. The normalized spacial score (nSPS) is 0. The van der Waals surface area contributed by atoms with E-state index in [2.05, 4.69) is 0 Å². The van der Waals surface area contributed by atoms with Gasteiger partial charge < -0.3 is 0 Å². The van der Waals surface area contributed by atoms with Crippen LogP contribution in [0.2, 0.25) is 0 Å². The Balaban J connectivity index is 0. The molecule has 0 aliphatic heterocycles. The van der Waals surface area contributed by atoms with Gasteiger partial charge in [0.05, 0.1) is 0 Å². The molecule has 0 saturated carbocycles. The zero-order valence-electron chi connectivity index (χ0n) is 2.00. The van der Waals surface area contributed by atoms with Crippen LogP contribution in [-0.4, -0.2) is 0 Å². The Morgan fingerprint density at radius 3 is 1.00 bits per heavy atom. The molecule has 0 aromatic heterocycles. The van der Waals surface area contributed by atoms with Gasteiger partial charge in [-0.05, 0) is 0 Å². The van der Waals surface area contributed by atoms with E-state index in [0.717, 1.165) is 0 Å². The van der Waals surface area contributed by atoms with E-state index in [0.29, 0.717) is 0 Å². The number of hydrogen-bond acceptors (Lipinski definition) is 0. The molecule has 0 aliphatic carbocycles. The van der Waals surface area contributed by atoms with E-state index in [9.17, 15) is 0 Å². The first-order chi connectivity index (χ1) is 0. The Morgan fingerprint density at radius 1 is 1.00 bits per heavy atom. The Labute approximate surface area is 130 Å². The summed E-state index contributed by atoms with van der Waals surface area (Å²) in [6.45, 7) is 0. The zero-order valence-corrected chi connectivity index (χ0v) is 14.4. The summed E-state index contributed by atoms with van der Waals surface area (Å²) < 4.78 is 0. The van der Waals surface area contributed by atoms with Crippen molar-refractivity contribution in [2.75, 3.05) is 0 Å². The van der Waals surface area contributed by atoms with Crippen molar-refractivity contribution in [1.29, 1.82) is 0 Å². The fourth-order valence-corrected chi connectivity index (χ4v) is 0. The number of hydrogen-bond donors (Lipinski definition) is 0. The second-order valence-corrected chi connectivity index (χ2v) is 0. The molecule has 0 unspecified atom stereocenters. The van der Waals surface area contributed by atoms with Gasteiger partial charge >= 0.3 is 0 Å². The third kappa shape index (κ3) is 9.70. The van der Waals surface area contributed by atoms with Crippen molar-refractivity contribution in [2.45, 2.75) is 0 Å². The van der Waals surface area contributed by atoms with E-state index in [4.69, 9.17) is 0 Å². The van der Waals surface area contributed by atoms with Crippen LogP contribution in [0, 0.1) is 82.6 Å². The fraction of sp³-hybridized carbons (Fsp3) is 0. The molecule has 0 aromatic carbocycles. The monoisotopic (exact) mass is 552 g/mol. The summed E-state index contributed by atoms with van der Waals surface area (Å²) >= 11 is 0. The second kappa shape index (κ2) is 15.6. The SMILES string of the molecule is [Ce].[Hf].[Nd].[Zr]. The van der Waals surface area contributed by atoms with Gasteiger partial charge in [0, 0.05) is 135 Å². The van der Waals surface area contributed by atoms with Crippen molar-refractivity contribution in [1.82, 2.24) is 0 Å². The van der Waals surface area contributed by atoms with Crippen LogP contribution in [0.25, 0.3) is 0 Å². The standard InChI is InChI=1S/Ce.Hf.Nd.Zr. The van der Waals surface area contributed by atoms with Crippen LogP contribution in [0.4, 0.5) is 0 Å². The Hall–Kier alpha value is 4.48. The smallest absolute Gasteiger partial charge is 0 e. The van der Waals surface area contributed by atoms with Crippen LogP contribution >= 0.6 is 0 Å². The minimum atomic E-state index is 0. The third-order valence-electron chi connectivity index (χ3n) is 0. The van der Waals surface area contributed by atoms with Crippen molar-refractivity contribution in [3.05, 3.63) is 0 Å². The van der Waals surface area contributed by atoms with Crippen LogP contribution in [0.15, 0.2) is 0 Å². The molecule has 16 valence electrons. The van der Waals surface area contributed by atoms with Gasteiger partial charge in [0.1, 0.15) is 0 Å². The molecule has 0 heterocycles. The molecule has 4 heavy (non-hydrogen) atoms. The molecule has 0 spiro atoms. The van der Waals surface area contributed by atoms with Crippen molar-refractivity contribution < 1.29 is 135 Å². The van der Waals surface area contributed by atoms with Gasteiger partial charge in [-0.15, -0.1) is 0 Å². The molecule has 0 radical (unpaired) electrons. The van der Waals surface area contributed by atoms with Gasteiger partial charge in [0.2, 0.25) is 0 Å². The first kappa shape index (κ1) is 23.6. The van der Waals surface area contributed by atoms with Gasteiger partial charge in [0.25, 0.3) is 0 Å². The average Bonchev–Trinajstić information content (AvgIpc) is 0. The third-order valence-corrected chi connectivity index (χ3v) is 0. The molecule has 0 aliphatic rings. The zero-order chi connectivity index (χ0) is 0. The number of rotatable bonds is 0. The average molecular weight is 554 g/mol. The molecule has 0 atom stereocenters. The van der Waals surface area contributed by atoms with Crippen LogP contribution < -0.4 is 0 Å². The van der Waals surface area contributed by atoms with Gasteiger partial charge in [-0.2, -0.15) is 0 Å². The fourth-order valence-electron chi connectivity index (χ4n) is 0. The van der Waals surface area contributed by atoms with Crippen molar-refractivity contribution >= 4 is 0 Å². The van der Waals surface area contributed by atoms with E-state index >= 15 is 0 Å². The minimum Gasteiger partial charge on any atom is 0 e. The Kier molecular flexibility index (Phi) is 92.5. The van der Waals surface area contributed by atoms with Crippen LogP contribution in [-0.2, 0) is 52.0 Å². The molecule has 0 aromatic rings. The van der Waals surface area contributed by atoms with Crippen molar-refractivity contribution in [3.8, 4) is 0 Å². The summed E-state index contributed by atoms with van der Waals surface area (Å²) in [6.07, 6.45) is 0. The first-order valence-corrected chi connectivity index (χ1v) is 0. The van der Waals surface area contributed by atoms with Gasteiger partial charge in [0.15, 0.2) is 0 Å². The topological polar surface area (TPSA) is 0 Å². The van der Waals surface area contributed by atoms with Gasteiger partial charge in [-0.3, -0.25) is 0 Å². The van der Waals surface area contributed by atoms with Crippen LogP contribution in [0.1, 0.15) is 0 Å². The maximum absolute atomic E-state index is 0. The quantitative estimate of drug-likeness (QED) is 0.371. The predicted molar refractivity (Wildman–Crippen MR) is 0 cm³/mol. The first-order valence-electron chi connectivity index (χ1n) is 0. The summed E-state index contributed by atoms with van der Waals surface area (Å²) in [6, 6.07) is 0. The van der Waals surface area contributed by atoms with Gasteiger partial charge in [-0.1, -0.05) is 0 Å². The molecular formula is CeHfNdZr. The molecular weight excluding hydrogens is 554 g/mol. The van der Waals surface area contributed by atoms with Gasteiger partial charge in [-0.25, -0.2) is 0 Å². The molecule has 0 N–H and O–H groups in total. The van der Waals surface area contributed by atoms with E-state index < -0.39 is 0 Å². The summed E-state index contributed by atoms with van der Waals surface area (Å²) in [5, 5.41) is 0. The molecule has 4 heteroatoms. The van der Waals surface area contributed by atoms with E-state index in [1.54, 1.807) is 0 Å². The van der Waals surface area contributed by atoms with Crippen LogP contribution in [0.5, 0.6) is 0 Å². The molecule has 0 amide bonds. The largest absolute Gasteiger partial charge is 0 e. The van der Waals surface area contributed by atoms with E-state index in [-0.39, 0.29) is 135 Å². The molecule has 0 bridgehead atoms. The molecule has 0 rings (SSSR count). The summed E-state index contributed by atoms with van der Waals surface area (Å²) in [4.78, 5) is 0. The Bertz CT molecular complexity index is 8.00. The molecule has 0 saturated heterocycles. The van der Waals surface area contributed by atoms with Crippen LogP contribution in [0.3, 0.4) is 0 Å². The Morgan fingerprint density at radius 2 is 1.00 bits per heavy atom. The van der Waals surface area contributed by atoms with E-state index in [1.807, 2.05) is 0 Å². The van der Waals surface area contributed by atoms with E-state index in [1.165, 1.54) is 0 Å². The summed E-state index contributed by atoms with van der Waals surface area (Å²) in [7, 11) is 0. The maximum Gasteiger partial charge on any atom is 0 e. The predicted octanol–water partition coefficient (Wildman–Crippen LogP) is -0.00500.